The molecule has 1 aromatic rings. The lowest BCUT2D eigenvalue weighted by atomic mass is 10.3. The maximum Gasteiger partial charge on any atom is 0.327 e. The van der Waals surface area contributed by atoms with Gasteiger partial charge in [-0.05, 0) is 22.0 Å². The zero-order valence-electron chi connectivity index (χ0n) is 9.90. The quantitative estimate of drug-likeness (QED) is 0.789. The van der Waals surface area contributed by atoms with Gasteiger partial charge in [0.15, 0.2) is 0 Å². The van der Waals surface area contributed by atoms with Crippen molar-refractivity contribution in [2.45, 2.75) is 6.04 Å². The van der Waals surface area contributed by atoms with Crippen LogP contribution in [0, 0.1) is 11.6 Å². The Hall–Kier alpha value is -1.35. The van der Waals surface area contributed by atoms with E-state index in [4.69, 9.17) is 5.11 Å². The molecular weight excluding hydrogens is 358 g/mol. The van der Waals surface area contributed by atoms with Crippen LogP contribution in [0.1, 0.15) is 0 Å². The van der Waals surface area contributed by atoms with Gasteiger partial charge in [0.25, 0.3) is 0 Å². The molecule has 0 aromatic heterocycles. The Bertz CT molecular complexity index is 573. The molecule has 9 heteroatoms. The van der Waals surface area contributed by atoms with Gasteiger partial charge in [0, 0.05) is 11.8 Å². The highest BCUT2D eigenvalue weighted by Gasteiger charge is 2.34. The molecule has 108 valence electrons. The number of hydrogen-bond donors (Lipinski definition) is 2. The molecule has 0 spiro atoms. The second kappa shape index (κ2) is 5.96. The number of carbonyl (C=O) groups excluding carboxylic acids is 1. The lowest BCUT2D eigenvalue weighted by Gasteiger charge is -2.21. The first-order chi connectivity index (χ1) is 9.40. The molecule has 1 aliphatic rings. The number of rotatable bonds is 2. The number of urea groups is 1. The number of nitrogens with one attached hydrogen (secondary N) is 1. The van der Waals surface area contributed by atoms with Gasteiger partial charge in [-0.15, -0.1) is 11.8 Å². The van der Waals surface area contributed by atoms with E-state index in [9.17, 15) is 18.4 Å². The van der Waals surface area contributed by atoms with Gasteiger partial charge in [0.05, 0.1) is 16.0 Å². The topological polar surface area (TPSA) is 69.6 Å². The van der Waals surface area contributed by atoms with Gasteiger partial charge < -0.3 is 15.3 Å². The third-order valence-corrected chi connectivity index (χ3v) is 4.30. The number of carbonyl (C=O) groups is 2. The Morgan fingerprint density at radius 1 is 1.40 bits per heavy atom. The van der Waals surface area contributed by atoms with E-state index in [0.717, 1.165) is 17.0 Å². The Labute approximate surface area is 125 Å². The van der Waals surface area contributed by atoms with Crippen molar-refractivity contribution in [3.8, 4) is 0 Å². The van der Waals surface area contributed by atoms with Crippen LogP contribution >= 0.6 is 27.7 Å². The van der Waals surface area contributed by atoms with Crippen molar-refractivity contribution in [1.29, 1.82) is 0 Å². The first-order valence-corrected chi connectivity index (χ1v) is 7.37. The predicted octanol–water partition coefficient (Wildman–Crippen LogP) is 2.72. The highest BCUT2D eigenvalue weighted by atomic mass is 79.9. The number of amides is 2. The van der Waals surface area contributed by atoms with Crippen molar-refractivity contribution < 1.29 is 23.5 Å². The number of carboxylic acids is 1. The Morgan fingerprint density at radius 2 is 2.10 bits per heavy atom. The largest absolute Gasteiger partial charge is 0.480 e. The van der Waals surface area contributed by atoms with Crippen molar-refractivity contribution in [3.63, 3.8) is 0 Å². The van der Waals surface area contributed by atoms with E-state index >= 15 is 0 Å². The van der Waals surface area contributed by atoms with E-state index in [-0.39, 0.29) is 21.8 Å². The summed E-state index contributed by atoms with van der Waals surface area (Å²) in [6, 6.07) is -0.0272. The van der Waals surface area contributed by atoms with Gasteiger partial charge >= 0.3 is 12.0 Å². The monoisotopic (exact) mass is 366 g/mol. The summed E-state index contributed by atoms with van der Waals surface area (Å²) < 4.78 is 26.8. The van der Waals surface area contributed by atoms with Crippen molar-refractivity contribution in [1.82, 2.24) is 4.90 Å². The van der Waals surface area contributed by atoms with Crippen LogP contribution in [0.4, 0.5) is 19.3 Å². The van der Waals surface area contributed by atoms with E-state index in [0.29, 0.717) is 0 Å². The van der Waals surface area contributed by atoms with Crippen molar-refractivity contribution >= 4 is 45.4 Å². The van der Waals surface area contributed by atoms with Crippen LogP contribution in [-0.4, -0.2) is 39.7 Å². The summed E-state index contributed by atoms with van der Waals surface area (Å²) >= 11 is 4.10. The van der Waals surface area contributed by atoms with E-state index < -0.39 is 29.7 Å². The van der Waals surface area contributed by atoms with E-state index in [1.807, 2.05) is 0 Å². The summed E-state index contributed by atoms with van der Waals surface area (Å²) in [6.07, 6.45) is 0. The molecule has 1 fully saturated rings. The Balaban J connectivity index is 2.16. The van der Waals surface area contributed by atoms with Crippen molar-refractivity contribution in [2.75, 3.05) is 16.9 Å². The highest BCUT2D eigenvalue weighted by Crippen LogP contribution is 2.26. The van der Waals surface area contributed by atoms with Gasteiger partial charge in [-0.3, -0.25) is 0 Å². The molecule has 2 N–H and O–H groups in total. The number of hydrogen-bond acceptors (Lipinski definition) is 3. The molecule has 2 rings (SSSR count). The molecule has 1 heterocycles. The number of benzene rings is 1. The van der Waals surface area contributed by atoms with Gasteiger partial charge in [-0.25, -0.2) is 18.4 Å². The fourth-order valence-electron chi connectivity index (χ4n) is 1.65. The summed E-state index contributed by atoms with van der Waals surface area (Å²) in [5.74, 6) is -2.23. The van der Waals surface area contributed by atoms with Crippen LogP contribution in [0.15, 0.2) is 16.6 Å². The fourth-order valence-corrected chi connectivity index (χ4v) is 3.11. The molecule has 1 atom stereocenters. The third-order valence-electron chi connectivity index (χ3n) is 2.68. The van der Waals surface area contributed by atoms with Gasteiger partial charge in [0.2, 0.25) is 0 Å². The summed E-state index contributed by atoms with van der Waals surface area (Å²) in [6.45, 7) is 0. The van der Waals surface area contributed by atoms with E-state index in [2.05, 4.69) is 21.2 Å². The molecule has 0 bridgehead atoms. The molecule has 20 heavy (non-hydrogen) atoms. The van der Waals surface area contributed by atoms with Crippen LogP contribution in [-0.2, 0) is 4.79 Å². The Kier molecular flexibility index (Phi) is 4.48. The number of aliphatic carboxylic acids is 1. The normalized spacial score (nSPS) is 18.1. The maximum absolute atomic E-state index is 13.6. The first kappa shape index (κ1) is 15.0. The molecule has 0 saturated carbocycles. The predicted molar refractivity (Wildman–Crippen MR) is 73.7 cm³/mol. The van der Waals surface area contributed by atoms with Crippen molar-refractivity contribution in [3.05, 3.63) is 28.2 Å². The number of nitrogens with zero attached hydrogens (tertiary/aromatic N) is 1. The standard InChI is InChI=1S/C11H9BrF2N2O3S/c12-5-1-7(14)8(2-6(5)13)15-11(19)16-4-20-3-9(16)10(17)18/h1-2,9H,3-4H2,(H,15,19)(H,17,18)/t9-/m0/s1. The zero-order chi connectivity index (χ0) is 14.9. The molecule has 0 radical (unpaired) electrons. The smallest absolute Gasteiger partial charge is 0.327 e. The lowest BCUT2D eigenvalue weighted by Crippen LogP contribution is -2.44. The maximum atomic E-state index is 13.6. The summed E-state index contributed by atoms with van der Waals surface area (Å²) in [5.41, 5.74) is -0.336. The number of carboxylic acid groups (broad SMARTS) is 1. The summed E-state index contributed by atoms with van der Waals surface area (Å²) in [5, 5.41) is 11.1. The minimum absolute atomic E-state index is 0.0619. The molecule has 0 aliphatic carbocycles. The summed E-state index contributed by atoms with van der Waals surface area (Å²) in [7, 11) is 0. The average molecular weight is 367 g/mol. The number of anilines is 1. The number of halogens is 3. The van der Waals surface area contributed by atoms with Gasteiger partial charge in [-0.2, -0.15) is 0 Å². The van der Waals surface area contributed by atoms with Crippen LogP contribution in [0.2, 0.25) is 0 Å². The van der Waals surface area contributed by atoms with Crippen LogP contribution < -0.4 is 5.32 Å². The van der Waals surface area contributed by atoms with Crippen molar-refractivity contribution in [2.24, 2.45) is 0 Å². The molecule has 2 amide bonds. The van der Waals surface area contributed by atoms with Crippen LogP contribution in [0.3, 0.4) is 0 Å². The number of thioether (sulfide) groups is 1. The lowest BCUT2D eigenvalue weighted by molar-refractivity contribution is -0.140. The van der Waals surface area contributed by atoms with Crippen LogP contribution in [0.5, 0.6) is 0 Å². The minimum Gasteiger partial charge on any atom is -0.480 e. The van der Waals surface area contributed by atoms with Gasteiger partial charge in [0.1, 0.15) is 17.7 Å². The van der Waals surface area contributed by atoms with E-state index in [1.54, 1.807) is 0 Å². The Morgan fingerprint density at radius 3 is 2.75 bits per heavy atom. The second-order valence-corrected chi connectivity index (χ2v) is 5.85. The molecule has 1 aromatic carbocycles. The minimum atomic E-state index is -1.13. The molecule has 1 saturated heterocycles. The zero-order valence-corrected chi connectivity index (χ0v) is 12.3. The molecule has 5 nitrogen and oxygen atoms in total. The molecule has 0 unspecified atom stereocenters. The van der Waals surface area contributed by atoms with Crippen LogP contribution in [0.25, 0.3) is 0 Å². The average Bonchev–Trinajstić information content (AvgIpc) is 2.85. The third kappa shape index (κ3) is 3.04. The first-order valence-electron chi connectivity index (χ1n) is 5.43. The molecule has 1 aliphatic heterocycles. The van der Waals surface area contributed by atoms with Gasteiger partial charge in [-0.1, -0.05) is 0 Å². The fraction of sp³-hybridized carbons (Fsp3) is 0.273. The summed E-state index contributed by atoms with van der Waals surface area (Å²) in [4.78, 5) is 23.9. The SMILES string of the molecule is O=C(O)[C@@H]1CSCN1C(=O)Nc1cc(F)c(Br)cc1F. The molecular formula is C11H9BrF2N2O3S. The second-order valence-electron chi connectivity index (χ2n) is 4.00. The highest BCUT2D eigenvalue weighted by molar-refractivity contribution is 9.10. The van der Waals surface area contributed by atoms with E-state index in [1.165, 1.54) is 11.8 Å².